The van der Waals surface area contributed by atoms with E-state index in [0.29, 0.717) is 12.1 Å². The smallest absolute Gasteiger partial charge is 0.203 e. The number of anilines is 1. The van der Waals surface area contributed by atoms with Crippen LogP contribution in [0.3, 0.4) is 0 Å². The number of imidazole rings is 1. The van der Waals surface area contributed by atoms with E-state index in [1.165, 1.54) is 38.8 Å². The van der Waals surface area contributed by atoms with Crippen LogP contribution in [0.2, 0.25) is 0 Å². The van der Waals surface area contributed by atoms with Gasteiger partial charge in [-0.3, -0.25) is 0 Å². The van der Waals surface area contributed by atoms with Crippen molar-refractivity contribution in [3.05, 3.63) is 12.4 Å². The SMILES string of the molecule is CC(CN1CCCC1)Nc1nccn1C1CC1. The molecule has 2 aliphatic rings. The highest BCUT2D eigenvalue weighted by Crippen LogP contribution is 2.36. The Kier molecular flexibility index (Phi) is 3.05. The second-order valence-corrected chi connectivity index (χ2v) is 5.44. The predicted molar refractivity (Wildman–Crippen MR) is 69.3 cm³/mol. The van der Waals surface area contributed by atoms with Crippen LogP contribution in [-0.4, -0.2) is 40.1 Å². The van der Waals surface area contributed by atoms with Crippen LogP contribution >= 0.6 is 0 Å². The number of likely N-dealkylation sites (tertiary alicyclic amines) is 1. The lowest BCUT2D eigenvalue weighted by atomic mass is 10.3. The van der Waals surface area contributed by atoms with Gasteiger partial charge < -0.3 is 14.8 Å². The highest BCUT2D eigenvalue weighted by Gasteiger charge is 2.26. The number of rotatable bonds is 5. The van der Waals surface area contributed by atoms with Crippen molar-refractivity contribution < 1.29 is 0 Å². The second-order valence-electron chi connectivity index (χ2n) is 5.44. The molecule has 0 spiro atoms. The first-order valence-electron chi connectivity index (χ1n) is 6.84. The summed E-state index contributed by atoms with van der Waals surface area (Å²) in [6, 6.07) is 1.19. The highest BCUT2D eigenvalue weighted by molar-refractivity contribution is 5.29. The van der Waals surface area contributed by atoms with Gasteiger partial charge in [0.2, 0.25) is 5.95 Å². The van der Waals surface area contributed by atoms with Crippen molar-refractivity contribution in [2.75, 3.05) is 25.0 Å². The van der Waals surface area contributed by atoms with E-state index < -0.39 is 0 Å². The van der Waals surface area contributed by atoms with Crippen molar-refractivity contribution in [2.24, 2.45) is 0 Å². The molecule has 1 aromatic heterocycles. The molecule has 1 N–H and O–H groups in total. The zero-order valence-corrected chi connectivity index (χ0v) is 10.6. The molecule has 1 aliphatic carbocycles. The Bertz CT molecular complexity index is 363. The summed E-state index contributed by atoms with van der Waals surface area (Å²) in [5.74, 6) is 1.05. The molecule has 0 amide bonds. The van der Waals surface area contributed by atoms with Gasteiger partial charge in [0, 0.05) is 31.0 Å². The monoisotopic (exact) mass is 234 g/mol. The van der Waals surface area contributed by atoms with E-state index in [9.17, 15) is 0 Å². The van der Waals surface area contributed by atoms with E-state index in [1.54, 1.807) is 0 Å². The maximum Gasteiger partial charge on any atom is 0.203 e. The average Bonchev–Trinajstić information content (AvgIpc) is 2.84. The maximum absolute atomic E-state index is 4.43. The Morgan fingerprint density at radius 1 is 1.41 bits per heavy atom. The standard InChI is InChI=1S/C13H22N4/c1-11(10-16-7-2-3-8-16)15-13-14-6-9-17(13)12-4-5-12/h6,9,11-12H,2-5,7-8,10H2,1H3,(H,14,15). The average molecular weight is 234 g/mol. The maximum atomic E-state index is 4.43. The van der Waals surface area contributed by atoms with Gasteiger partial charge in [-0.1, -0.05) is 0 Å². The number of hydrogen-bond acceptors (Lipinski definition) is 3. The molecule has 0 radical (unpaired) electrons. The largest absolute Gasteiger partial charge is 0.352 e. The second kappa shape index (κ2) is 4.69. The van der Waals surface area contributed by atoms with Gasteiger partial charge in [-0.2, -0.15) is 0 Å². The number of nitrogens with one attached hydrogen (secondary N) is 1. The highest BCUT2D eigenvalue weighted by atomic mass is 15.3. The summed E-state index contributed by atoms with van der Waals surface area (Å²) >= 11 is 0. The van der Waals surface area contributed by atoms with Crippen molar-refractivity contribution in [3.63, 3.8) is 0 Å². The lowest BCUT2D eigenvalue weighted by Gasteiger charge is -2.22. The molecule has 2 fully saturated rings. The van der Waals surface area contributed by atoms with Gasteiger partial charge in [0.15, 0.2) is 0 Å². The summed E-state index contributed by atoms with van der Waals surface area (Å²) in [6.07, 6.45) is 9.36. The van der Waals surface area contributed by atoms with E-state index in [2.05, 4.69) is 32.9 Å². The van der Waals surface area contributed by atoms with Gasteiger partial charge in [-0.15, -0.1) is 0 Å². The molecule has 1 unspecified atom stereocenters. The van der Waals surface area contributed by atoms with Crippen molar-refractivity contribution in [1.82, 2.24) is 14.5 Å². The van der Waals surface area contributed by atoms with Gasteiger partial charge in [-0.05, 0) is 45.7 Å². The number of aromatic nitrogens is 2. The summed E-state index contributed by atoms with van der Waals surface area (Å²) in [4.78, 5) is 6.97. The van der Waals surface area contributed by atoms with Crippen molar-refractivity contribution in [2.45, 2.75) is 44.7 Å². The quantitative estimate of drug-likeness (QED) is 0.847. The lowest BCUT2D eigenvalue weighted by molar-refractivity contribution is 0.327. The Morgan fingerprint density at radius 3 is 2.88 bits per heavy atom. The zero-order chi connectivity index (χ0) is 11.7. The molecule has 1 atom stereocenters. The van der Waals surface area contributed by atoms with Crippen molar-refractivity contribution >= 4 is 5.95 Å². The van der Waals surface area contributed by atoms with E-state index in [0.717, 1.165) is 12.5 Å². The summed E-state index contributed by atoms with van der Waals surface area (Å²) in [7, 11) is 0. The van der Waals surface area contributed by atoms with Crippen LogP contribution in [0.25, 0.3) is 0 Å². The van der Waals surface area contributed by atoms with Gasteiger partial charge >= 0.3 is 0 Å². The van der Waals surface area contributed by atoms with Crippen LogP contribution in [0.15, 0.2) is 12.4 Å². The van der Waals surface area contributed by atoms with Gasteiger partial charge in [-0.25, -0.2) is 4.98 Å². The third kappa shape index (κ3) is 2.63. The summed E-state index contributed by atoms with van der Waals surface area (Å²) < 4.78 is 2.29. The molecule has 4 nitrogen and oxygen atoms in total. The lowest BCUT2D eigenvalue weighted by Crippen LogP contribution is -2.33. The topological polar surface area (TPSA) is 33.1 Å². The van der Waals surface area contributed by atoms with Crippen LogP contribution in [0.4, 0.5) is 5.95 Å². The molecular weight excluding hydrogens is 212 g/mol. The normalized spacial score (nSPS) is 22.9. The van der Waals surface area contributed by atoms with Gasteiger partial charge in [0.1, 0.15) is 0 Å². The Balaban J connectivity index is 1.55. The summed E-state index contributed by atoms with van der Waals surface area (Å²) in [5.41, 5.74) is 0. The first-order chi connectivity index (χ1) is 8.33. The zero-order valence-electron chi connectivity index (χ0n) is 10.6. The predicted octanol–water partition coefficient (Wildman–Crippen LogP) is 2.11. The third-order valence-corrected chi connectivity index (χ3v) is 3.72. The molecule has 94 valence electrons. The fourth-order valence-electron chi connectivity index (χ4n) is 2.69. The molecule has 4 heteroatoms. The molecule has 1 aliphatic heterocycles. The molecule has 0 bridgehead atoms. The number of hydrogen-bond donors (Lipinski definition) is 1. The summed E-state index contributed by atoms with van der Waals surface area (Å²) in [6.45, 7) is 5.92. The van der Waals surface area contributed by atoms with Crippen LogP contribution in [0.1, 0.15) is 38.6 Å². The molecule has 3 rings (SSSR count). The van der Waals surface area contributed by atoms with Crippen LogP contribution in [0, 0.1) is 0 Å². The molecule has 0 aromatic carbocycles. The summed E-state index contributed by atoms with van der Waals surface area (Å²) in [5, 5.41) is 3.55. The molecule has 1 saturated carbocycles. The molecule has 17 heavy (non-hydrogen) atoms. The minimum absolute atomic E-state index is 0.480. The first-order valence-corrected chi connectivity index (χ1v) is 6.84. The van der Waals surface area contributed by atoms with Gasteiger partial charge in [0.25, 0.3) is 0 Å². The van der Waals surface area contributed by atoms with Gasteiger partial charge in [0.05, 0.1) is 0 Å². The Hall–Kier alpha value is -1.03. The van der Waals surface area contributed by atoms with E-state index in [4.69, 9.17) is 0 Å². The minimum atomic E-state index is 0.480. The van der Waals surface area contributed by atoms with Crippen molar-refractivity contribution in [1.29, 1.82) is 0 Å². The molecule has 1 saturated heterocycles. The van der Waals surface area contributed by atoms with E-state index in [-0.39, 0.29) is 0 Å². The van der Waals surface area contributed by atoms with Crippen molar-refractivity contribution in [3.8, 4) is 0 Å². The molecule has 2 heterocycles. The fraction of sp³-hybridized carbons (Fsp3) is 0.769. The Morgan fingerprint density at radius 2 is 2.18 bits per heavy atom. The van der Waals surface area contributed by atoms with E-state index in [1.807, 2.05) is 6.20 Å². The van der Waals surface area contributed by atoms with E-state index >= 15 is 0 Å². The Labute approximate surface area is 103 Å². The third-order valence-electron chi connectivity index (χ3n) is 3.72. The van der Waals surface area contributed by atoms with Crippen LogP contribution in [-0.2, 0) is 0 Å². The first kappa shape index (κ1) is 11.1. The number of nitrogens with zero attached hydrogens (tertiary/aromatic N) is 3. The molecular formula is C13H22N4. The fourth-order valence-corrected chi connectivity index (χ4v) is 2.69. The van der Waals surface area contributed by atoms with Crippen LogP contribution in [0.5, 0.6) is 0 Å². The van der Waals surface area contributed by atoms with Crippen LogP contribution < -0.4 is 5.32 Å². The molecule has 1 aromatic rings. The minimum Gasteiger partial charge on any atom is -0.352 e.